The topological polar surface area (TPSA) is 74.0 Å². The monoisotopic (exact) mass is 358 g/mol. The van der Waals surface area contributed by atoms with Crippen molar-refractivity contribution >= 4 is 18.3 Å². The first-order chi connectivity index (χ1) is 11.2. The number of amides is 1. The number of para-hydroxylation sites is 1. The molecule has 0 aliphatic carbocycles. The second-order valence-electron chi connectivity index (χ2n) is 5.73. The van der Waals surface area contributed by atoms with E-state index in [2.05, 4.69) is 0 Å². The molecule has 0 bridgehead atoms. The number of nitrogens with two attached hydrogens (primary N) is 1. The molecule has 0 aromatic heterocycles. The molecule has 0 saturated carbocycles. The predicted octanol–water partition coefficient (Wildman–Crippen LogP) is 1.60. The van der Waals surface area contributed by atoms with Gasteiger partial charge in [-0.25, -0.2) is 0 Å². The molecule has 0 radical (unpaired) electrons. The fraction of sp³-hybridized carbons (Fsp3) is 0.588. The number of carbonyl (C=O) groups is 1. The zero-order valence-corrected chi connectivity index (χ0v) is 15.1. The molecule has 6 nitrogen and oxygen atoms in total. The lowest BCUT2D eigenvalue weighted by molar-refractivity contribution is -0.136. The highest BCUT2D eigenvalue weighted by molar-refractivity contribution is 5.85. The van der Waals surface area contributed by atoms with Crippen molar-refractivity contribution in [2.75, 3.05) is 34.0 Å². The van der Waals surface area contributed by atoms with Crippen molar-refractivity contribution in [2.45, 2.75) is 31.5 Å². The Morgan fingerprint density at radius 2 is 2.17 bits per heavy atom. The number of hydrogen-bond acceptors (Lipinski definition) is 5. The van der Waals surface area contributed by atoms with E-state index in [0.717, 1.165) is 30.8 Å². The van der Waals surface area contributed by atoms with E-state index in [1.165, 1.54) is 7.11 Å². The van der Waals surface area contributed by atoms with Crippen LogP contribution < -0.4 is 10.5 Å². The van der Waals surface area contributed by atoms with Crippen molar-refractivity contribution in [1.29, 1.82) is 0 Å². The van der Waals surface area contributed by atoms with Gasteiger partial charge in [0, 0.05) is 32.4 Å². The van der Waals surface area contributed by atoms with E-state index in [9.17, 15) is 4.79 Å². The van der Waals surface area contributed by atoms with Crippen LogP contribution in [0, 0.1) is 0 Å². The highest BCUT2D eigenvalue weighted by atomic mass is 35.5. The largest absolute Gasteiger partial charge is 0.496 e. The van der Waals surface area contributed by atoms with Crippen LogP contribution in [0.15, 0.2) is 24.3 Å². The van der Waals surface area contributed by atoms with Crippen molar-refractivity contribution in [3.63, 3.8) is 0 Å². The average molecular weight is 359 g/mol. The van der Waals surface area contributed by atoms with Crippen LogP contribution in [-0.2, 0) is 20.8 Å². The first-order valence-corrected chi connectivity index (χ1v) is 7.92. The molecule has 24 heavy (non-hydrogen) atoms. The first kappa shape index (κ1) is 20.7. The van der Waals surface area contributed by atoms with Gasteiger partial charge in [-0.05, 0) is 18.9 Å². The summed E-state index contributed by atoms with van der Waals surface area (Å²) in [5.74, 6) is 0.631. The zero-order valence-electron chi connectivity index (χ0n) is 14.3. The molecular formula is C17H27ClN2O4. The third kappa shape index (κ3) is 5.63. The SMILES string of the molecule is COCC(N)C(=O)N(Cc1ccccc1OC)CC1CCCO1.Cl. The van der Waals surface area contributed by atoms with Crippen LogP contribution in [0.3, 0.4) is 0 Å². The van der Waals surface area contributed by atoms with E-state index in [-0.39, 0.29) is 31.0 Å². The van der Waals surface area contributed by atoms with Crippen LogP contribution in [0.4, 0.5) is 0 Å². The molecule has 2 rings (SSSR count). The summed E-state index contributed by atoms with van der Waals surface area (Å²) in [5, 5.41) is 0. The number of halogens is 1. The van der Waals surface area contributed by atoms with Gasteiger partial charge in [0.2, 0.25) is 5.91 Å². The molecule has 1 fully saturated rings. The Morgan fingerprint density at radius 1 is 1.42 bits per heavy atom. The standard InChI is InChI=1S/C17H26N2O4.ClH/c1-21-12-15(18)17(20)19(11-14-7-5-9-23-14)10-13-6-3-4-8-16(13)22-2;/h3-4,6,8,14-15H,5,7,9-12,18H2,1-2H3;1H. The molecular weight excluding hydrogens is 332 g/mol. The van der Waals surface area contributed by atoms with Crippen molar-refractivity contribution in [3.8, 4) is 5.75 Å². The minimum absolute atomic E-state index is 0. The Labute approximate surface area is 149 Å². The molecule has 2 N–H and O–H groups in total. The fourth-order valence-electron chi connectivity index (χ4n) is 2.79. The predicted molar refractivity (Wildman–Crippen MR) is 94.5 cm³/mol. The maximum absolute atomic E-state index is 12.6. The fourth-order valence-corrected chi connectivity index (χ4v) is 2.79. The lowest BCUT2D eigenvalue weighted by Gasteiger charge is -2.28. The summed E-state index contributed by atoms with van der Waals surface area (Å²) in [6.07, 6.45) is 2.07. The molecule has 1 saturated heterocycles. The molecule has 1 amide bonds. The highest BCUT2D eigenvalue weighted by Gasteiger charge is 2.26. The minimum atomic E-state index is -0.670. The van der Waals surface area contributed by atoms with Gasteiger partial charge in [-0.2, -0.15) is 0 Å². The number of hydrogen-bond donors (Lipinski definition) is 1. The van der Waals surface area contributed by atoms with Crippen molar-refractivity contribution in [2.24, 2.45) is 5.73 Å². The number of rotatable bonds is 8. The molecule has 136 valence electrons. The van der Waals surface area contributed by atoms with Gasteiger partial charge >= 0.3 is 0 Å². The second kappa shape index (κ2) is 10.5. The van der Waals surface area contributed by atoms with E-state index in [4.69, 9.17) is 19.9 Å². The quantitative estimate of drug-likeness (QED) is 0.764. The van der Waals surface area contributed by atoms with E-state index in [0.29, 0.717) is 13.1 Å². The van der Waals surface area contributed by atoms with Gasteiger partial charge in [0.15, 0.2) is 0 Å². The number of methoxy groups -OCH3 is 2. The smallest absolute Gasteiger partial charge is 0.242 e. The molecule has 1 aliphatic heterocycles. The van der Waals surface area contributed by atoms with Crippen LogP contribution in [0.25, 0.3) is 0 Å². The summed E-state index contributed by atoms with van der Waals surface area (Å²) in [6, 6.07) is 7.01. The zero-order chi connectivity index (χ0) is 16.7. The van der Waals surface area contributed by atoms with E-state index < -0.39 is 6.04 Å². The van der Waals surface area contributed by atoms with E-state index >= 15 is 0 Å². The summed E-state index contributed by atoms with van der Waals surface area (Å²) in [4.78, 5) is 14.4. The van der Waals surface area contributed by atoms with Crippen molar-refractivity contribution in [3.05, 3.63) is 29.8 Å². The third-order valence-corrected chi connectivity index (χ3v) is 3.98. The Hall–Kier alpha value is -1.34. The van der Waals surface area contributed by atoms with E-state index in [1.807, 2.05) is 24.3 Å². The van der Waals surface area contributed by atoms with Gasteiger partial charge in [0.05, 0.1) is 19.8 Å². The number of carbonyl (C=O) groups excluding carboxylic acids is 1. The van der Waals surface area contributed by atoms with Crippen LogP contribution in [0.1, 0.15) is 18.4 Å². The molecule has 7 heteroatoms. The molecule has 1 aromatic rings. The number of ether oxygens (including phenoxy) is 3. The molecule has 1 heterocycles. The highest BCUT2D eigenvalue weighted by Crippen LogP contribution is 2.21. The molecule has 0 spiro atoms. The summed E-state index contributed by atoms with van der Waals surface area (Å²) in [5.41, 5.74) is 6.89. The third-order valence-electron chi connectivity index (χ3n) is 3.98. The Morgan fingerprint density at radius 3 is 2.79 bits per heavy atom. The summed E-state index contributed by atoms with van der Waals surface area (Å²) < 4.78 is 16.1. The Kier molecular flexibility index (Phi) is 9.07. The van der Waals surface area contributed by atoms with E-state index in [1.54, 1.807) is 12.0 Å². The lowest BCUT2D eigenvalue weighted by Crippen LogP contribution is -2.48. The summed E-state index contributed by atoms with van der Waals surface area (Å²) >= 11 is 0. The lowest BCUT2D eigenvalue weighted by atomic mass is 10.1. The Balaban J connectivity index is 0.00000288. The van der Waals surface area contributed by atoms with Gasteiger partial charge in [-0.3, -0.25) is 4.79 Å². The second-order valence-corrected chi connectivity index (χ2v) is 5.73. The van der Waals surface area contributed by atoms with Gasteiger partial charge in [-0.1, -0.05) is 18.2 Å². The minimum Gasteiger partial charge on any atom is -0.496 e. The molecule has 2 unspecified atom stereocenters. The molecule has 1 aromatic carbocycles. The summed E-state index contributed by atoms with van der Waals surface area (Å²) in [7, 11) is 3.17. The maximum atomic E-state index is 12.6. The molecule has 2 atom stereocenters. The van der Waals surface area contributed by atoms with Crippen LogP contribution >= 0.6 is 12.4 Å². The Bertz CT molecular complexity index is 509. The normalized spacial score (nSPS) is 17.9. The van der Waals surface area contributed by atoms with Gasteiger partial charge in [-0.15, -0.1) is 12.4 Å². The number of nitrogens with zero attached hydrogens (tertiary/aromatic N) is 1. The van der Waals surface area contributed by atoms with Gasteiger partial charge in [0.1, 0.15) is 11.8 Å². The van der Waals surface area contributed by atoms with Gasteiger partial charge < -0.3 is 24.8 Å². The maximum Gasteiger partial charge on any atom is 0.242 e. The average Bonchev–Trinajstić information content (AvgIpc) is 3.07. The number of benzene rings is 1. The van der Waals surface area contributed by atoms with Gasteiger partial charge in [0.25, 0.3) is 0 Å². The van der Waals surface area contributed by atoms with Crippen LogP contribution in [-0.4, -0.2) is 56.9 Å². The first-order valence-electron chi connectivity index (χ1n) is 7.92. The van der Waals surface area contributed by atoms with Crippen LogP contribution in [0.2, 0.25) is 0 Å². The van der Waals surface area contributed by atoms with Crippen molar-refractivity contribution < 1.29 is 19.0 Å². The van der Waals surface area contributed by atoms with Crippen LogP contribution in [0.5, 0.6) is 5.75 Å². The summed E-state index contributed by atoms with van der Waals surface area (Å²) in [6.45, 7) is 1.94. The van der Waals surface area contributed by atoms with Crippen molar-refractivity contribution in [1.82, 2.24) is 4.90 Å². The molecule has 1 aliphatic rings.